The topological polar surface area (TPSA) is 32.3 Å². The van der Waals surface area contributed by atoms with Gasteiger partial charge in [0.25, 0.3) is 0 Å². The molecule has 0 radical (unpaired) electrons. The van der Waals surface area contributed by atoms with E-state index in [-0.39, 0.29) is 0 Å². The minimum absolute atomic E-state index is 0.506. The lowest BCUT2D eigenvalue weighted by molar-refractivity contribution is -0.0314. The normalized spacial score (nSPS) is 18.2. The Morgan fingerprint density at radius 2 is 1.88 bits per heavy atom. The van der Waals surface area contributed by atoms with E-state index >= 15 is 0 Å². The van der Waals surface area contributed by atoms with Crippen LogP contribution in [0.5, 0.6) is 0 Å². The first-order chi connectivity index (χ1) is 7.61. The van der Waals surface area contributed by atoms with Crippen LogP contribution in [-0.4, -0.2) is 17.3 Å². The Labute approximate surface area is 106 Å². The van der Waals surface area contributed by atoms with Crippen molar-refractivity contribution in [3.63, 3.8) is 0 Å². The fourth-order valence-corrected chi connectivity index (χ4v) is 2.41. The maximum absolute atomic E-state index is 9.90. The Hall–Kier alpha value is -0.280. The molecule has 1 saturated carbocycles. The van der Waals surface area contributed by atoms with Gasteiger partial charge in [0.15, 0.2) is 0 Å². The maximum Gasteiger partial charge on any atom is 0.0771 e. The zero-order chi connectivity index (χ0) is 11.6. The standard InChI is InChI=1S/C12H15Cl2NO/c13-10-3-1-4-11(14)9(10)7-15-8-12(16)5-2-6-12/h1,3-4,15-16H,2,5-8H2. The van der Waals surface area contributed by atoms with Gasteiger partial charge in [0.1, 0.15) is 0 Å². The molecule has 0 saturated heterocycles. The average molecular weight is 260 g/mol. The van der Waals surface area contributed by atoms with Gasteiger partial charge in [-0.2, -0.15) is 0 Å². The Morgan fingerprint density at radius 3 is 2.38 bits per heavy atom. The highest BCUT2D eigenvalue weighted by Crippen LogP contribution is 2.31. The van der Waals surface area contributed by atoms with Crippen molar-refractivity contribution in [1.82, 2.24) is 5.32 Å². The zero-order valence-electron chi connectivity index (χ0n) is 8.97. The van der Waals surface area contributed by atoms with E-state index in [2.05, 4.69) is 5.32 Å². The van der Waals surface area contributed by atoms with E-state index in [1.165, 1.54) is 0 Å². The van der Waals surface area contributed by atoms with Gasteiger partial charge >= 0.3 is 0 Å². The fourth-order valence-electron chi connectivity index (χ4n) is 1.88. The van der Waals surface area contributed by atoms with Crippen LogP contribution in [0.3, 0.4) is 0 Å². The molecule has 2 rings (SSSR count). The summed E-state index contributed by atoms with van der Waals surface area (Å²) >= 11 is 12.1. The number of rotatable bonds is 4. The first-order valence-corrected chi connectivity index (χ1v) is 6.22. The molecule has 16 heavy (non-hydrogen) atoms. The average Bonchev–Trinajstić information content (AvgIpc) is 2.20. The zero-order valence-corrected chi connectivity index (χ0v) is 10.5. The van der Waals surface area contributed by atoms with Crippen molar-refractivity contribution in [1.29, 1.82) is 0 Å². The number of nitrogens with one attached hydrogen (secondary N) is 1. The summed E-state index contributed by atoms with van der Waals surface area (Å²) in [4.78, 5) is 0. The van der Waals surface area contributed by atoms with Gasteiger partial charge in [-0.3, -0.25) is 0 Å². The number of halogens is 2. The Kier molecular flexibility index (Phi) is 3.75. The molecule has 0 spiro atoms. The summed E-state index contributed by atoms with van der Waals surface area (Å²) in [5.41, 5.74) is 0.391. The molecular formula is C12H15Cl2NO. The molecule has 4 heteroatoms. The van der Waals surface area contributed by atoms with Crippen LogP contribution in [0.1, 0.15) is 24.8 Å². The lowest BCUT2D eigenvalue weighted by Gasteiger charge is -2.36. The fraction of sp³-hybridized carbons (Fsp3) is 0.500. The van der Waals surface area contributed by atoms with Crippen LogP contribution < -0.4 is 5.32 Å². The predicted octanol–water partition coefficient (Wildman–Crippen LogP) is 3.00. The molecule has 0 aromatic heterocycles. The van der Waals surface area contributed by atoms with Crippen LogP contribution in [-0.2, 0) is 6.54 Å². The maximum atomic E-state index is 9.90. The second-order valence-electron chi connectivity index (χ2n) is 4.38. The van der Waals surface area contributed by atoms with Gasteiger partial charge in [0.05, 0.1) is 5.60 Å². The molecule has 1 fully saturated rings. The Bertz CT molecular complexity index is 357. The van der Waals surface area contributed by atoms with Gasteiger partial charge < -0.3 is 10.4 Å². The largest absolute Gasteiger partial charge is 0.389 e. The smallest absolute Gasteiger partial charge is 0.0771 e. The van der Waals surface area contributed by atoms with Crippen LogP contribution in [0.25, 0.3) is 0 Å². The molecule has 0 heterocycles. The molecule has 0 amide bonds. The van der Waals surface area contributed by atoms with E-state index < -0.39 is 5.60 Å². The first-order valence-electron chi connectivity index (χ1n) is 5.47. The van der Waals surface area contributed by atoms with E-state index in [1.54, 1.807) is 0 Å². The van der Waals surface area contributed by atoms with Crippen LogP contribution in [0, 0.1) is 0 Å². The second-order valence-corrected chi connectivity index (χ2v) is 5.20. The van der Waals surface area contributed by atoms with Crippen LogP contribution in [0.4, 0.5) is 0 Å². The van der Waals surface area contributed by atoms with Crippen LogP contribution in [0.2, 0.25) is 10.0 Å². The van der Waals surface area contributed by atoms with Gasteiger partial charge in [0, 0.05) is 28.7 Å². The van der Waals surface area contributed by atoms with Gasteiger partial charge in [-0.05, 0) is 31.4 Å². The summed E-state index contributed by atoms with van der Waals surface area (Å²) in [6.45, 7) is 1.20. The van der Waals surface area contributed by atoms with Gasteiger partial charge in [-0.25, -0.2) is 0 Å². The highest BCUT2D eigenvalue weighted by Gasteiger charge is 2.33. The lowest BCUT2D eigenvalue weighted by atomic mass is 9.80. The molecule has 1 aliphatic rings. The third-order valence-electron chi connectivity index (χ3n) is 3.10. The monoisotopic (exact) mass is 259 g/mol. The van der Waals surface area contributed by atoms with E-state index in [1.807, 2.05) is 18.2 Å². The second kappa shape index (κ2) is 4.92. The SMILES string of the molecule is OC1(CNCc2c(Cl)cccc2Cl)CCC1. The van der Waals surface area contributed by atoms with Crippen molar-refractivity contribution in [3.8, 4) is 0 Å². The van der Waals surface area contributed by atoms with Crippen molar-refractivity contribution >= 4 is 23.2 Å². The quantitative estimate of drug-likeness (QED) is 0.872. The van der Waals surface area contributed by atoms with Gasteiger partial charge in [-0.15, -0.1) is 0 Å². The van der Waals surface area contributed by atoms with E-state index in [9.17, 15) is 5.11 Å². The highest BCUT2D eigenvalue weighted by atomic mass is 35.5. The van der Waals surface area contributed by atoms with E-state index in [0.29, 0.717) is 23.1 Å². The summed E-state index contributed by atoms with van der Waals surface area (Å²) in [5.74, 6) is 0. The van der Waals surface area contributed by atoms with E-state index in [0.717, 1.165) is 24.8 Å². The summed E-state index contributed by atoms with van der Waals surface area (Å²) in [6, 6.07) is 5.47. The summed E-state index contributed by atoms with van der Waals surface area (Å²) in [7, 11) is 0. The van der Waals surface area contributed by atoms with Crippen molar-refractivity contribution in [2.75, 3.05) is 6.54 Å². The van der Waals surface area contributed by atoms with Gasteiger partial charge in [0.2, 0.25) is 0 Å². The lowest BCUT2D eigenvalue weighted by Crippen LogP contribution is -2.46. The van der Waals surface area contributed by atoms with Crippen molar-refractivity contribution < 1.29 is 5.11 Å². The molecule has 2 N–H and O–H groups in total. The molecule has 1 aromatic carbocycles. The number of hydrogen-bond acceptors (Lipinski definition) is 2. The molecule has 1 aromatic rings. The summed E-state index contributed by atoms with van der Waals surface area (Å²) in [5, 5.41) is 14.4. The van der Waals surface area contributed by atoms with Crippen molar-refractivity contribution in [3.05, 3.63) is 33.8 Å². The molecule has 1 aliphatic carbocycles. The number of aliphatic hydroxyl groups is 1. The molecule has 0 atom stereocenters. The third kappa shape index (κ3) is 2.69. The highest BCUT2D eigenvalue weighted by molar-refractivity contribution is 6.35. The number of hydrogen-bond donors (Lipinski definition) is 2. The molecule has 88 valence electrons. The summed E-state index contributed by atoms with van der Waals surface area (Å²) in [6.07, 6.45) is 2.89. The van der Waals surface area contributed by atoms with Crippen LogP contribution >= 0.6 is 23.2 Å². The van der Waals surface area contributed by atoms with E-state index in [4.69, 9.17) is 23.2 Å². The first kappa shape index (κ1) is 12.2. The van der Waals surface area contributed by atoms with Crippen molar-refractivity contribution in [2.24, 2.45) is 0 Å². The molecule has 2 nitrogen and oxygen atoms in total. The molecular weight excluding hydrogens is 245 g/mol. The predicted molar refractivity (Wildman–Crippen MR) is 67.0 cm³/mol. The minimum atomic E-state index is -0.506. The minimum Gasteiger partial charge on any atom is -0.389 e. The molecule has 0 bridgehead atoms. The Morgan fingerprint density at radius 1 is 1.25 bits per heavy atom. The molecule has 0 unspecified atom stereocenters. The Balaban J connectivity index is 1.89. The van der Waals surface area contributed by atoms with Gasteiger partial charge in [-0.1, -0.05) is 29.3 Å². The third-order valence-corrected chi connectivity index (χ3v) is 3.81. The number of benzene rings is 1. The van der Waals surface area contributed by atoms with Crippen molar-refractivity contribution in [2.45, 2.75) is 31.4 Å². The van der Waals surface area contributed by atoms with Crippen LogP contribution in [0.15, 0.2) is 18.2 Å². The summed E-state index contributed by atoms with van der Waals surface area (Å²) < 4.78 is 0. The molecule has 0 aliphatic heterocycles.